The monoisotopic (exact) mass is 523 g/mol. The molecule has 204 valence electrons. The number of nitrogens with zero attached hydrogens (tertiary/aromatic N) is 2. The van der Waals surface area contributed by atoms with Crippen LogP contribution in [-0.4, -0.2) is 77.6 Å². The van der Waals surface area contributed by atoms with Gasteiger partial charge in [-0.3, -0.25) is 9.69 Å². The second-order valence-electron chi connectivity index (χ2n) is 8.37. The van der Waals surface area contributed by atoms with Gasteiger partial charge in [0, 0.05) is 31.8 Å². The van der Waals surface area contributed by atoms with Crippen molar-refractivity contribution in [3.63, 3.8) is 0 Å². The minimum absolute atomic E-state index is 0.0456. The van der Waals surface area contributed by atoms with E-state index in [4.69, 9.17) is 18.9 Å². The van der Waals surface area contributed by atoms with Crippen LogP contribution < -0.4 is 29.2 Å². The summed E-state index contributed by atoms with van der Waals surface area (Å²) in [5.41, 5.74) is 2.20. The highest BCUT2D eigenvalue weighted by atomic mass is 19.3. The van der Waals surface area contributed by atoms with Gasteiger partial charge in [-0.25, -0.2) is 0 Å². The summed E-state index contributed by atoms with van der Waals surface area (Å²) < 4.78 is 52.0. The van der Waals surface area contributed by atoms with E-state index in [1.54, 1.807) is 30.1 Å². The third kappa shape index (κ3) is 8.09. The number of rotatable bonds is 13. The second kappa shape index (κ2) is 13.8. The number of benzene rings is 2. The highest BCUT2D eigenvalue weighted by molar-refractivity contribution is 5.94. The van der Waals surface area contributed by atoms with Crippen molar-refractivity contribution in [2.75, 3.05) is 70.4 Å². The third-order valence-electron chi connectivity index (χ3n) is 5.60. The lowest BCUT2D eigenvalue weighted by Gasteiger charge is -2.31. The lowest BCUT2D eigenvalue weighted by Crippen LogP contribution is -2.36. The molecule has 0 aromatic heterocycles. The molecule has 1 aliphatic heterocycles. The van der Waals surface area contributed by atoms with Gasteiger partial charge < -0.3 is 33.9 Å². The Labute approximate surface area is 216 Å². The van der Waals surface area contributed by atoms with Crippen LogP contribution in [0.3, 0.4) is 0 Å². The summed E-state index contributed by atoms with van der Waals surface area (Å²) in [6, 6.07) is 8.38. The maximum atomic E-state index is 12.9. The number of nitrogens with one attached hydrogen (secondary N) is 1. The molecule has 0 unspecified atom stereocenters. The molecule has 1 heterocycles. The molecule has 3 rings (SSSR count). The van der Waals surface area contributed by atoms with Gasteiger partial charge in [-0.2, -0.15) is 8.78 Å². The number of hydrogen-bond acceptors (Lipinski definition) is 8. The number of carbonyl (C=O) groups excluding carboxylic acids is 1. The van der Waals surface area contributed by atoms with Crippen molar-refractivity contribution >= 4 is 17.3 Å². The van der Waals surface area contributed by atoms with Crippen LogP contribution in [0.5, 0.6) is 23.0 Å². The van der Waals surface area contributed by atoms with Crippen LogP contribution in [-0.2, 0) is 16.1 Å². The van der Waals surface area contributed by atoms with E-state index in [1.807, 2.05) is 19.9 Å². The number of ether oxygens (including phenoxy) is 5. The first kappa shape index (κ1) is 28.3. The van der Waals surface area contributed by atoms with Crippen molar-refractivity contribution in [2.24, 2.45) is 0 Å². The number of morpholine rings is 1. The van der Waals surface area contributed by atoms with E-state index >= 15 is 0 Å². The Morgan fingerprint density at radius 3 is 2.41 bits per heavy atom. The molecule has 2 aromatic rings. The van der Waals surface area contributed by atoms with E-state index in [9.17, 15) is 13.6 Å². The molecule has 0 saturated carbocycles. The molecule has 1 saturated heterocycles. The van der Waals surface area contributed by atoms with E-state index < -0.39 is 6.61 Å². The Hall–Kier alpha value is -3.31. The number of carbonyl (C=O) groups is 1. The zero-order valence-corrected chi connectivity index (χ0v) is 21.7. The van der Waals surface area contributed by atoms with Crippen molar-refractivity contribution in [2.45, 2.75) is 27.0 Å². The standard InChI is InChI=1S/C26H35F2N3O6/c1-5-35-22-15-20(31-9-11-34-12-10-31)23(36-6-2)14-19(22)29-25(32)17-30(3)16-18-7-8-21(37-26(27)28)24(13-18)33-4/h7-8,13-15,26H,5-6,9-12,16-17H2,1-4H3,(H,29,32). The average molecular weight is 524 g/mol. The molecule has 1 amide bonds. The lowest BCUT2D eigenvalue weighted by molar-refractivity contribution is -0.117. The van der Waals surface area contributed by atoms with Gasteiger partial charge in [0.25, 0.3) is 0 Å². The van der Waals surface area contributed by atoms with E-state index in [0.717, 1.165) is 24.3 Å². The topological polar surface area (TPSA) is 81.7 Å². The maximum Gasteiger partial charge on any atom is 0.387 e. The lowest BCUT2D eigenvalue weighted by atomic mass is 10.2. The molecule has 1 aliphatic rings. The first-order chi connectivity index (χ1) is 17.8. The summed E-state index contributed by atoms with van der Waals surface area (Å²) in [4.78, 5) is 16.9. The van der Waals surface area contributed by atoms with E-state index in [-0.39, 0.29) is 24.0 Å². The predicted octanol–water partition coefficient (Wildman–Crippen LogP) is 4.00. The normalized spacial score (nSPS) is 13.6. The molecular weight excluding hydrogens is 488 g/mol. The van der Waals surface area contributed by atoms with Gasteiger partial charge in [-0.15, -0.1) is 0 Å². The molecule has 0 radical (unpaired) electrons. The number of alkyl halides is 2. The summed E-state index contributed by atoms with van der Waals surface area (Å²) in [6.45, 7) is 4.98. The van der Waals surface area contributed by atoms with Crippen LogP contribution in [0.15, 0.2) is 30.3 Å². The van der Waals surface area contributed by atoms with Gasteiger partial charge in [-0.05, 0) is 38.6 Å². The molecule has 0 bridgehead atoms. The zero-order chi connectivity index (χ0) is 26.8. The highest BCUT2D eigenvalue weighted by Gasteiger charge is 2.21. The molecule has 0 spiro atoms. The summed E-state index contributed by atoms with van der Waals surface area (Å²) in [5, 5.41) is 2.94. The Kier molecular flexibility index (Phi) is 10.6. The zero-order valence-electron chi connectivity index (χ0n) is 21.7. The number of halogens is 2. The first-order valence-corrected chi connectivity index (χ1v) is 12.2. The molecule has 37 heavy (non-hydrogen) atoms. The average Bonchev–Trinajstić information content (AvgIpc) is 2.86. The molecular formula is C26H35F2N3O6. The number of methoxy groups -OCH3 is 1. The fourth-order valence-corrected chi connectivity index (χ4v) is 4.05. The summed E-state index contributed by atoms with van der Waals surface area (Å²) in [5.74, 6) is 1.13. The molecule has 0 atom stereocenters. The van der Waals surface area contributed by atoms with Crippen LogP contribution in [0.1, 0.15) is 19.4 Å². The number of amides is 1. The SMILES string of the molecule is CCOc1cc(N2CCOCC2)c(OCC)cc1NC(=O)CN(C)Cc1ccc(OC(F)F)c(OC)c1. The van der Waals surface area contributed by atoms with Crippen molar-refractivity contribution < 1.29 is 37.3 Å². The van der Waals surface area contributed by atoms with Gasteiger partial charge in [-0.1, -0.05) is 6.07 Å². The number of likely N-dealkylation sites (N-methyl/N-ethyl adjacent to an activating group) is 1. The van der Waals surface area contributed by atoms with Gasteiger partial charge in [0.15, 0.2) is 11.5 Å². The summed E-state index contributed by atoms with van der Waals surface area (Å²) in [7, 11) is 3.16. The Morgan fingerprint density at radius 1 is 1.05 bits per heavy atom. The smallest absolute Gasteiger partial charge is 0.387 e. The van der Waals surface area contributed by atoms with Crippen molar-refractivity contribution in [3.05, 3.63) is 35.9 Å². The Balaban J connectivity index is 1.71. The maximum absolute atomic E-state index is 12.9. The molecule has 9 nitrogen and oxygen atoms in total. The Bertz CT molecular complexity index is 1030. The first-order valence-electron chi connectivity index (χ1n) is 12.2. The van der Waals surface area contributed by atoms with Gasteiger partial charge in [0.1, 0.15) is 11.5 Å². The minimum Gasteiger partial charge on any atom is -0.493 e. The minimum atomic E-state index is -2.95. The second-order valence-corrected chi connectivity index (χ2v) is 8.37. The van der Waals surface area contributed by atoms with E-state index in [2.05, 4.69) is 15.0 Å². The summed E-state index contributed by atoms with van der Waals surface area (Å²) >= 11 is 0. The largest absolute Gasteiger partial charge is 0.493 e. The van der Waals surface area contributed by atoms with E-state index in [1.165, 1.54) is 13.2 Å². The highest BCUT2D eigenvalue weighted by Crippen LogP contribution is 2.39. The van der Waals surface area contributed by atoms with Gasteiger partial charge in [0.05, 0.1) is 51.5 Å². The molecule has 1 N–H and O–H groups in total. The predicted molar refractivity (Wildman–Crippen MR) is 136 cm³/mol. The fourth-order valence-electron chi connectivity index (χ4n) is 4.05. The van der Waals surface area contributed by atoms with Crippen molar-refractivity contribution in [1.82, 2.24) is 4.90 Å². The van der Waals surface area contributed by atoms with Crippen molar-refractivity contribution in [1.29, 1.82) is 0 Å². The van der Waals surface area contributed by atoms with Crippen LogP contribution in [0, 0.1) is 0 Å². The van der Waals surface area contributed by atoms with Crippen molar-refractivity contribution in [3.8, 4) is 23.0 Å². The fraction of sp³-hybridized carbons (Fsp3) is 0.500. The number of hydrogen-bond donors (Lipinski definition) is 1. The Morgan fingerprint density at radius 2 is 1.76 bits per heavy atom. The quantitative estimate of drug-likeness (QED) is 0.422. The van der Waals surface area contributed by atoms with Crippen LogP contribution in [0.4, 0.5) is 20.2 Å². The molecule has 11 heteroatoms. The molecule has 1 fully saturated rings. The van der Waals surface area contributed by atoms with Crippen LogP contribution in [0.2, 0.25) is 0 Å². The number of anilines is 2. The molecule has 0 aliphatic carbocycles. The summed E-state index contributed by atoms with van der Waals surface area (Å²) in [6.07, 6.45) is 0. The van der Waals surface area contributed by atoms with Crippen LogP contribution in [0.25, 0.3) is 0 Å². The third-order valence-corrected chi connectivity index (χ3v) is 5.60. The van der Waals surface area contributed by atoms with Crippen LogP contribution >= 0.6 is 0 Å². The van der Waals surface area contributed by atoms with Gasteiger partial charge in [0.2, 0.25) is 5.91 Å². The van der Waals surface area contributed by atoms with E-state index in [0.29, 0.717) is 50.2 Å². The molecule has 2 aromatic carbocycles. The van der Waals surface area contributed by atoms with Gasteiger partial charge >= 0.3 is 6.61 Å².